The number of amides is 1. The number of rotatable bonds is 4. The van der Waals surface area contributed by atoms with E-state index in [0.29, 0.717) is 5.69 Å². The first-order valence-corrected chi connectivity index (χ1v) is 5.02. The van der Waals surface area contributed by atoms with Gasteiger partial charge in [0.2, 0.25) is 0 Å². The molecule has 0 aliphatic carbocycles. The molecule has 1 amide bonds. The monoisotopic (exact) mass is 225 g/mol. The van der Waals surface area contributed by atoms with E-state index in [1.165, 1.54) is 11.6 Å². The molecule has 0 aromatic carbocycles. The number of carbonyl (C=O) groups is 2. The summed E-state index contributed by atoms with van der Waals surface area (Å²) in [5.74, 6) is -1.49. The fourth-order valence-corrected chi connectivity index (χ4v) is 1.24. The number of carboxylic acids is 1. The summed E-state index contributed by atoms with van der Waals surface area (Å²) in [6, 6.07) is 0.747. The molecule has 0 unspecified atom stereocenters. The van der Waals surface area contributed by atoms with Crippen molar-refractivity contribution in [3.63, 3.8) is 0 Å². The van der Waals surface area contributed by atoms with Crippen LogP contribution in [0.25, 0.3) is 0 Å². The van der Waals surface area contributed by atoms with Crippen molar-refractivity contribution < 1.29 is 14.7 Å². The van der Waals surface area contributed by atoms with E-state index >= 15 is 0 Å². The molecule has 1 aromatic heterocycles. The SMILES string of the molecule is CCc1cc(C(=O)N[C@H](C)C(=O)O)n(C)n1. The zero-order valence-corrected chi connectivity index (χ0v) is 9.52. The van der Waals surface area contributed by atoms with Crippen molar-refractivity contribution >= 4 is 11.9 Å². The minimum absolute atomic E-state index is 0.366. The van der Waals surface area contributed by atoms with Gasteiger partial charge in [-0.3, -0.25) is 14.3 Å². The van der Waals surface area contributed by atoms with Gasteiger partial charge < -0.3 is 10.4 Å². The summed E-state index contributed by atoms with van der Waals surface area (Å²) in [6.45, 7) is 3.35. The Morgan fingerprint density at radius 3 is 2.69 bits per heavy atom. The second-order valence-corrected chi connectivity index (χ2v) is 3.53. The summed E-state index contributed by atoms with van der Waals surface area (Å²) in [5.41, 5.74) is 1.17. The van der Waals surface area contributed by atoms with E-state index in [1.54, 1.807) is 13.1 Å². The summed E-state index contributed by atoms with van der Waals surface area (Å²) in [7, 11) is 1.65. The Kier molecular flexibility index (Phi) is 3.65. The average molecular weight is 225 g/mol. The van der Waals surface area contributed by atoms with Crippen molar-refractivity contribution in [3.05, 3.63) is 17.5 Å². The van der Waals surface area contributed by atoms with Crippen molar-refractivity contribution in [3.8, 4) is 0 Å². The maximum Gasteiger partial charge on any atom is 0.325 e. The predicted octanol–water partition coefficient (Wildman–Crippen LogP) is 0.185. The standard InChI is InChI=1S/C10H15N3O3/c1-4-7-5-8(13(3)12-7)9(14)11-6(2)10(15)16/h5-6H,4H2,1-3H3,(H,11,14)(H,15,16)/t6-/m1/s1. The largest absolute Gasteiger partial charge is 0.480 e. The zero-order chi connectivity index (χ0) is 12.3. The first kappa shape index (κ1) is 12.2. The molecule has 6 heteroatoms. The van der Waals surface area contributed by atoms with Crippen LogP contribution in [-0.4, -0.2) is 32.8 Å². The van der Waals surface area contributed by atoms with Crippen molar-refractivity contribution in [1.29, 1.82) is 0 Å². The first-order chi connectivity index (χ1) is 7.45. The topological polar surface area (TPSA) is 84.2 Å². The third-order valence-electron chi connectivity index (χ3n) is 2.24. The number of aryl methyl sites for hydroxylation is 2. The second kappa shape index (κ2) is 4.78. The highest BCUT2D eigenvalue weighted by Crippen LogP contribution is 2.04. The quantitative estimate of drug-likeness (QED) is 0.765. The molecule has 1 rings (SSSR count). The predicted molar refractivity (Wildman–Crippen MR) is 57.2 cm³/mol. The third-order valence-corrected chi connectivity index (χ3v) is 2.24. The lowest BCUT2D eigenvalue weighted by Gasteiger charge is -2.08. The van der Waals surface area contributed by atoms with E-state index in [2.05, 4.69) is 10.4 Å². The number of nitrogens with zero attached hydrogens (tertiary/aromatic N) is 2. The number of carboxylic acid groups (broad SMARTS) is 1. The van der Waals surface area contributed by atoms with Crippen molar-refractivity contribution in [2.24, 2.45) is 7.05 Å². The summed E-state index contributed by atoms with van der Waals surface area (Å²) in [6.07, 6.45) is 0.732. The zero-order valence-electron chi connectivity index (χ0n) is 9.52. The molecule has 1 atom stereocenters. The van der Waals surface area contributed by atoms with Crippen LogP contribution in [0.3, 0.4) is 0 Å². The Morgan fingerprint density at radius 1 is 1.62 bits per heavy atom. The summed E-state index contributed by atoms with van der Waals surface area (Å²) >= 11 is 0. The van der Waals surface area contributed by atoms with E-state index in [-0.39, 0.29) is 0 Å². The minimum atomic E-state index is -1.06. The molecule has 0 saturated carbocycles. The van der Waals surface area contributed by atoms with Gasteiger partial charge in [-0.25, -0.2) is 0 Å². The van der Waals surface area contributed by atoms with Crippen LogP contribution < -0.4 is 5.32 Å². The van der Waals surface area contributed by atoms with Gasteiger partial charge in [-0.1, -0.05) is 6.92 Å². The second-order valence-electron chi connectivity index (χ2n) is 3.53. The van der Waals surface area contributed by atoms with Crippen LogP contribution in [-0.2, 0) is 18.3 Å². The summed E-state index contributed by atoms with van der Waals surface area (Å²) < 4.78 is 1.45. The van der Waals surface area contributed by atoms with Crippen molar-refractivity contribution in [2.75, 3.05) is 0 Å². The van der Waals surface area contributed by atoms with Gasteiger partial charge in [-0.2, -0.15) is 5.10 Å². The number of carbonyl (C=O) groups excluding carboxylic acids is 1. The summed E-state index contributed by atoms with van der Waals surface area (Å²) in [5, 5.41) is 15.1. The molecule has 0 spiro atoms. The van der Waals surface area contributed by atoms with E-state index in [9.17, 15) is 9.59 Å². The molecule has 16 heavy (non-hydrogen) atoms. The normalized spacial score (nSPS) is 12.2. The first-order valence-electron chi connectivity index (χ1n) is 5.02. The van der Waals surface area contributed by atoms with Gasteiger partial charge in [0.1, 0.15) is 11.7 Å². The average Bonchev–Trinajstić information content (AvgIpc) is 2.59. The maximum atomic E-state index is 11.7. The Morgan fingerprint density at radius 2 is 2.25 bits per heavy atom. The van der Waals surface area contributed by atoms with Gasteiger partial charge >= 0.3 is 5.97 Å². The van der Waals surface area contributed by atoms with Crippen molar-refractivity contribution in [1.82, 2.24) is 15.1 Å². The highest BCUT2D eigenvalue weighted by Gasteiger charge is 2.18. The molecular weight excluding hydrogens is 210 g/mol. The summed E-state index contributed by atoms with van der Waals surface area (Å²) in [4.78, 5) is 22.2. The lowest BCUT2D eigenvalue weighted by molar-refractivity contribution is -0.138. The van der Waals surface area contributed by atoms with Crippen molar-refractivity contribution in [2.45, 2.75) is 26.3 Å². The van der Waals surface area contributed by atoms with Crippen LogP contribution in [0.5, 0.6) is 0 Å². The lowest BCUT2D eigenvalue weighted by atomic mass is 10.2. The highest BCUT2D eigenvalue weighted by atomic mass is 16.4. The van der Waals surface area contributed by atoms with E-state index in [1.807, 2.05) is 6.92 Å². The van der Waals surface area contributed by atoms with Crippen LogP contribution in [0, 0.1) is 0 Å². The van der Waals surface area contributed by atoms with E-state index in [4.69, 9.17) is 5.11 Å². The minimum Gasteiger partial charge on any atom is -0.480 e. The maximum absolute atomic E-state index is 11.7. The van der Waals surface area contributed by atoms with Gasteiger partial charge in [0.15, 0.2) is 0 Å². The number of aliphatic carboxylic acids is 1. The van der Waals surface area contributed by atoms with Crippen LogP contribution >= 0.6 is 0 Å². The number of hydrogen-bond acceptors (Lipinski definition) is 3. The van der Waals surface area contributed by atoms with E-state index < -0.39 is 17.9 Å². The third kappa shape index (κ3) is 2.59. The molecule has 6 nitrogen and oxygen atoms in total. The molecule has 0 bridgehead atoms. The molecule has 0 saturated heterocycles. The molecule has 0 aliphatic heterocycles. The van der Waals surface area contributed by atoms with Gasteiger partial charge in [0.25, 0.3) is 5.91 Å². The molecule has 0 fully saturated rings. The number of hydrogen-bond donors (Lipinski definition) is 2. The Labute approximate surface area is 93.3 Å². The lowest BCUT2D eigenvalue weighted by Crippen LogP contribution is -2.39. The Hall–Kier alpha value is -1.85. The van der Waals surface area contributed by atoms with Gasteiger partial charge in [-0.15, -0.1) is 0 Å². The molecule has 0 radical (unpaired) electrons. The molecular formula is C10H15N3O3. The van der Waals surface area contributed by atoms with Crippen LogP contribution in [0.15, 0.2) is 6.07 Å². The van der Waals surface area contributed by atoms with Crippen LogP contribution in [0.2, 0.25) is 0 Å². The molecule has 0 aliphatic rings. The number of nitrogens with one attached hydrogen (secondary N) is 1. The smallest absolute Gasteiger partial charge is 0.325 e. The van der Waals surface area contributed by atoms with Gasteiger partial charge in [0, 0.05) is 7.05 Å². The van der Waals surface area contributed by atoms with Gasteiger partial charge in [-0.05, 0) is 19.4 Å². The Balaban J connectivity index is 2.80. The molecule has 1 heterocycles. The molecule has 2 N–H and O–H groups in total. The number of aromatic nitrogens is 2. The van der Waals surface area contributed by atoms with E-state index in [0.717, 1.165) is 12.1 Å². The fraction of sp³-hybridized carbons (Fsp3) is 0.500. The van der Waals surface area contributed by atoms with Gasteiger partial charge in [0.05, 0.1) is 5.69 Å². The molecule has 1 aromatic rings. The highest BCUT2D eigenvalue weighted by molar-refractivity contribution is 5.95. The van der Waals surface area contributed by atoms with Crippen LogP contribution in [0.1, 0.15) is 30.0 Å². The fourth-order valence-electron chi connectivity index (χ4n) is 1.24. The Bertz CT molecular complexity index is 411. The van der Waals surface area contributed by atoms with Crippen LogP contribution in [0.4, 0.5) is 0 Å². The molecule has 88 valence electrons.